The fourth-order valence-corrected chi connectivity index (χ4v) is 2.85. The topological polar surface area (TPSA) is 12.9 Å². The molecule has 0 saturated heterocycles. The number of hydrogen-bond acceptors (Lipinski definition) is 2. The van der Waals surface area contributed by atoms with Gasteiger partial charge in [-0.1, -0.05) is 29.3 Å². The van der Waals surface area contributed by atoms with Crippen LogP contribution in [0, 0.1) is 6.92 Å². The molecule has 0 amide bonds. The Kier molecular flexibility index (Phi) is 2.61. The van der Waals surface area contributed by atoms with Crippen LogP contribution in [0.15, 0.2) is 42.5 Å². The number of aryl methyl sites for hydroxylation is 1. The Bertz CT molecular complexity index is 688. The van der Waals surface area contributed by atoms with Gasteiger partial charge in [0.2, 0.25) is 0 Å². The Labute approximate surface area is 109 Å². The molecule has 3 heteroatoms. The molecule has 0 spiro atoms. The van der Waals surface area contributed by atoms with E-state index in [9.17, 15) is 0 Å². The first-order valence-corrected chi connectivity index (χ1v) is 6.55. The van der Waals surface area contributed by atoms with Crippen LogP contribution in [0.3, 0.4) is 0 Å². The van der Waals surface area contributed by atoms with Crippen molar-refractivity contribution < 1.29 is 0 Å². The molecule has 0 aliphatic carbocycles. The van der Waals surface area contributed by atoms with Crippen molar-refractivity contribution in [3.8, 4) is 10.6 Å². The van der Waals surface area contributed by atoms with Gasteiger partial charge < -0.3 is 0 Å². The average molecular weight is 260 g/mol. The smallest absolute Gasteiger partial charge is 0.0935 e. The lowest BCUT2D eigenvalue weighted by Crippen LogP contribution is -1.83. The van der Waals surface area contributed by atoms with Crippen molar-refractivity contribution in [2.45, 2.75) is 6.92 Å². The molecule has 0 aliphatic heterocycles. The third-order valence-electron chi connectivity index (χ3n) is 2.67. The molecule has 0 saturated carbocycles. The molecule has 1 nitrogen and oxygen atoms in total. The molecule has 0 radical (unpaired) electrons. The Morgan fingerprint density at radius 1 is 1.06 bits per heavy atom. The standard InChI is InChI=1S/C14H10ClNS/c1-9-2-4-11-10(8-9)3-5-12(16-11)13-6-7-14(15)17-13/h2-8H,1H3. The van der Waals surface area contributed by atoms with Gasteiger partial charge in [0.25, 0.3) is 0 Å². The summed E-state index contributed by atoms with van der Waals surface area (Å²) in [6.45, 7) is 2.09. The summed E-state index contributed by atoms with van der Waals surface area (Å²) >= 11 is 7.50. The highest BCUT2D eigenvalue weighted by Crippen LogP contribution is 2.30. The first-order valence-electron chi connectivity index (χ1n) is 5.35. The highest BCUT2D eigenvalue weighted by atomic mass is 35.5. The lowest BCUT2D eigenvalue weighted by molar-refractivity contribution is 1.40. The van der Waals surface area contributed by atoms with Gasteiger partial charge in [-0.15, -0.1) is 11.3 Å². The number of thiophene rings is 1. The van der Waals surface area contributed by atoms with Crippen molar-refractivity contribution in [2.75, 3.05) is 0 Å². The van der Waals surface area contributed by atoms with E-state index >= 15 is 0 Å². The molecular weight excluding hydrogens is 250 g/mol. The zero-order valence-corrected chi connectivity index (χ0v) is 10.8. The zero-order valence-electron chi connectivity index (χ0n) is 9.27. The van der Waals surface area contributed by atoms with E-state index in [1.165, 1.54) is 10.9 Å². The minimum Gasteiger partial charge on any atom is -0.247 e. The van der Waals surface area contributed by atoms with Crippen molar-refractivity contribution in [1.29, 1.82) is 0 Å². The summed E-state index contributed by atoms with van der Waals surface area (Å²) in [4.78, 5) is 5.76. The summed E-state index contributed by atoms with van der Waals surface area (Å²) in [6.07, 6.45) is 0. The average Bonchev–Trinajstić information content (AvgIpc) is 2.75. The van der Waals surface area contributed by atoms with Gasteiger partial charge in [-0.25, -0.2) is 4.98 Å². The highest BCUT2D eigenvalue weighted by Gasteiger charge is 2.04. The fourth-order valence-electron chi connectivity index (χ4n) is 1.83. The highest BCUT2D eigenvalue weighted by molar-refractivity contribution is 7.19. The van der Waals surface area contributed by atoms with Gasteiger partial charge in [-0.3, -0.25) is 0 Å². The normalized spacial score (nSPS) is 10.9. The molecule has 3 rings (SSSR count). The van der Waals surface area contributed by atoms with E-state index in [4.69, 9.17) is 11.6 Å². The first-order chi connectivity index (χ1) is 8.22. The lowest BCUT2D eigenvalue weighted by Gasteiger charge is -2.01. The monoisotopic (exact) mass is 259 g/mol. The van der Waals surface area contributed by atoms with E-state index in [-0.39, 0.29) is 0 Å². The van der Waals surface area contributed by atoms with E-state index in [2.05, 4.69) is 36.2 Å². The number of nitrogens with zero attached hydrogens (tertiary/aromatic N) is 1. The van der Waals surface area contributed by atoms with Crippen molar-refractivity contribution in [1.82, 2.24) is 4.98 Å². The van der Waals surface area contributed by atoms with Gasteiger partial charge in [0.1, 0.15) is 0 Å². The van der Waals surface area contributed by atoms with Crippen LogP contribution in [0.5, 0.6) is 0 Å². The van der Waals surface area contributed by atoms with Crippen LogP contribution < -0.4 is 0 Å². The van der Waals surface area contributed by atoms with Crippen molar-refractivity contribution >= 4 is 33.8 Å². The number of aromatic nitrogens is 1. The van der Waals surface area contributed by atoms with Gasteiger partial charge in [0.15, 0.2) is 0 Å². The molecule has 1 aromatic carbocycles. The Morgan fingerprint density at radius 3 is 2.71 bits per heavy atom. The van der Waals surface area contributed by atoms with Crippen molar-refractivity contribution in [3.05, 3.63) is 52.4 Å². The summed E-state index contributed by atoms with van der Waals surface area (Å²) in [5.74, 6) is 0. The van der Waals surface area contributed by atoms with Gasteiger partial charge in [0, 0.05) is 5.39 Å². The molecule has 2 heterocycles. The number of rotatable bonds is 1. The summed E-state index contributed by atoms with van der Waals surface area (Å²) in [5.41, 5.74) is 3.27. The predicted molar refractivity (Wildman–Crippen MR) is 74.8 cm³/mol. The van der Waals surface area contributed by atoms with Gasteiger partial charge in [0.05, 0.1) is 20.4 Å². The van der Waals surface area contributed by atoms with E-state index in [0.29, 0.717) is 0 Å². The van der Waals surface area contributed by atoms with E-state index in [1.807, 2.05) is 18.2 Å². The number of pyridine rings is 1. The van der Waals surface area contributed by atoms with E-state index < -0.39 is 0 Å². The van der Waals surface area contributed by atoms with E-state index in [0.717, 1.165) is 20.4 Å². The van der Waals surface area contributed by atoms with Crippen molar-refractivity contribution in [3.63, 3.8) is 0 Å². The molecule has 3 aromatic rings. The van der Waals surface area contributed by atoms with Crippen LogP contribution >= 0.6 is 22.9 Å². The third-order valence-corrected chi connectivity index (χ3v) is 3.92. The van der Waals surface area contributed by atoms with Crippen LogP contribution in [-0.4, -0.2) is 4.98 Å². The minimum absolute atomic E-state index is 0.797. The quantitative estimate of drug-likeness (QED) is 0.604. The van der Waals surface area contributed by atoms with Gasteiger partial charge in [-0.05, 0) is 37.3 Å². The maximum atomic E-state index is 5.94. The van der Waals surface area contributed by atoms with E-state index in [1.54, 1.807) is 11.3 Å². The Balaban J connectivity index is 2.16. The molecule has 0 N–H and O–H groups in total. The second kappa shape index (κ2) is 4.13. The molecule has 0 aliphatic rings. The largest absolute Gasteiger partial charge is 0.247 e. The van der Waals surface area contributed by atoms with Gasteiger partial charge in [-0.2, -0.15) is 0 Å². The molecule has 0 fully saturated rings. The molecule has 2 aromatic heterocycles. The number of fused-ring (bicyclic) bond motifs is 1. The number of benzene rings is 1. The van der Waals surface area contributed by atoms with Crippen LogP contribution in [0.1, 0.15) is 5.56 Å². The SMILES string of the molecule is Cc1ccc2nc(-c3ccc(Cl)s3)ccc2c1. The number of halogens is 1. The minimum atomic E-state index is 0.797. The molecule has 0 bridgehead atoms. The number of hydrogen-bond donors (Lipinski definition) is 0. The lowest BCUT2D eigenvalue weighted by atomic mass is 10.1. The first kappa shape index (κ1) is 10.8. The molecule has 17 heavy (non-hydrogen) atoms. The maximum Gasteiger partial charge on any atom is 0.0935 e. The van der Waals surface area contributed by atoms with Crippen LogP contribution in [0.25, 0.3) is 21.5 Å². The molecule has 0 atom stereocenters. The zero-order chi connectivity index (χ0) is 11.8. The van der Waals surface area contributed by atoms with Crippen LogP contribution in [0.4, 0.5) is 0 Å². The molecule has 84 valence electrons. The summed E-state index contributed by atoms with van der Waals surface area (Å²) < 4.78 is 0.797. The second-order valence-corrected chi connectivity index (χ2v) is 5.71. The van der Waals surface area contributed by atoms with Crippen LogP contribution in [0.2, 0.25) is 4.34 Å². The summed E-state index contributed by atoms with van der Waals surface area (Å²) in [6, 6.07) is 14.4. The summed E-state index contributed by atoms with van der Waals surface area (Å²) in [5, 5.41) is 1.18. The second-order valence-electron chi connectivity index (χ2n) is 4.00. The third kappa shape index (κ3) is 2.06. The van der Waals surface area contributed by atoms with Crippen LogP contribution in [-0.2, 0) is 0 Å². The van der Waals surface area contributed by atoms with Gasteiger partial charge >= 0.3 is 0 Å². The Hall–Kier alpha value is -1.38. The maximum absolute atomic E-state index is 5.94. The predicted octanol–water partition coefficient (Wildman–Crippen LogP) is 4.93. The van der Waals surface area contributed by atoms with Crippen molar-refractivity contribution in [2.24, 2.45) is 0 Å². The fraction of sp³-hybridized carbons (Fsp3) is 0.0714. The molecular formula is C14H10ClNS. The molecule has 0 unspecified atom stereocenters. The Morgan fingerprint density at radius 2 is 1.94 bits per heavy atom. The summed E-state index contributed by atoms with van der Waals surface area (Å²) in [7, 11) is 0.